The van der Waals surface area contributed by atoms with Crippen LogP contribution < -0.4 is 11.1 Å². The van der Waals surface area contributed by atoms with Gasteiger partial charge in [-0.05, 0) is 31.7 Å². The molecule has 22 heavy (non-hydrogen) atoms. The second-order valence-corrected chi connectivity index (χ2v) is 5.88. The summed E-state index contributed by atoms with van der Waals surface area (Å²) < 4.78 is 0. The van der Waals surface area contributed by atoms with Crippen LogP contribution in [-0.4, -0.2) is 21.9 Å². The maximum absolute atomic E-state index is 11.3. The summed E-state index contributed by atoms with van der Waals surface area (Å²) >= 11 is 0. The van der Waals surface area contributed by atoms with Crippen molar-refractivity contribution in [2.45, 2.75) is 51.5 Å². The Balaban J connectivity index is 2.13. The van der Waals surface area contributed by atoms with Crippen LogP contribution in [0.5, 0.6) is 0 Å². The Labute approximate surface area is 129 Å². The zero-order valence-corrected chi connectivity index (χ0v) is 12.7. The Bertz CT molecular complexity index is 556. The summed E-state index contributed by atoms with van der Waals surface area (Å²) in [6.45, 7) is 1.60. The quantitative estimate of drug-likeness (QED) is 0.619. The molecule has 0 spiro atoms. The molecule has 1 saturated carbocycles. The van der Waals surface area contributed by atoms with Crippen LogP contribution in [0.2, 0.25) is 0 Å². The molecule has 1 heterocycles. The van der Waals surface area contributed by atoms with Crippen LogP contribution in [-0.2, 0) is 4.79 Å². The van der Waals surface area contributed by atoms with Crippen LogP contribution in [0.25, 0.3) is 0 Å². The van der Waals surface area contributed by atoms with E-state index in [4.69, 9.17) is 5.73 Å². The average Bonchev–Trinajstić information content (AvgIpc) is 2.46. The molecule has 0 aromatic carbocycles. The van der Waals surface area contributed by atoms with Crippen molar-refractivity contribution in [3.63, 3.8) is 0 Å². The van der Waals surface area contributed by atoms with Gasteiger partial charge in [-0.1, -0.05) is 19.3 Å². The van der Waals surface area contributed by atoms with Gasteiger partial charge in [0, 0.05) is 18.5 Å². The number of primary amides is 1. The number of pyridine rings is 1. The molecule has 1 amide bonds. The van der Waals surface area contributed by atoms with Gasteiger partial charge in [0.1, 0.15) is 11.5 Å². The van der Waals surface area contributed by atoms with Gasteiger partial charge in [0.2, 0.25) is 5.91 Å². The minimum Gasteiger partial charge on any atom is -0.370 e. The van der Waals surface area contributed by atoms with Crippen molar-refractivity contribution in [2.75, 3.05) is 5.32 Å². The molecule has 7 nitrogen and oxygen atoms in total. The summed E-state index contributed by atoms with van der Waals surface area (Å²) in [5.74, 6) is 0.597. The number of anilines is 1. The summed E-state index contributed by atoms with van der Waals surface area (Å²) in [7, 11) is 0. The molecule has 7 heteroatoms. The minimum atomic E-state index is -0.450. The fourth-order valence-corrected chi connectivity index (χ4v) is 3.11. The van der Waals surface area contributed by atoms with Crippen LogP contribution in [0, 0.1) is 23.0 Å². The summed E-state index contributed by atoms with van der Waals surface area (Å²) in [5, 5.41) is 14.1. The van der Waals surface area contributed by atoms with E-state index in [0.717, 1.165) is 25.7 Å². The molecule has 1 atom stereocenters. The lowest BCUT2D eigenvalue weighted by Gasteiger charge is -2.30. The van der Waals surface area contributed by atoms with Gasteiger partial charge in [-0.25, -0.2) is 4.98 Å². The molecule has 1 aromatic heterocycles. The predicted molar refractivity (Wildman–Crippen MR) is 83.4 cm³/mol. The van der Waals surface area contributed by atoms with E-state index in [-0.39, 0.29) is 24.1 Å². The number of nitrogens with two attached hydrogens (primary N) is 1. The van der Waals surface area contributed by atoms with Crippen molar-refractivity contribution in [3.8, 4) is 0 Å². The second-order valence-electron chi connectivity index (χ2n) is 5.88. The highest BCUT2D eigenvalue weighted by Gasteiger charge is 2.25. The van der Waals surface area contributed by atoms with Crippen molar-refractivity contribution in [1.82, 2.24) is 4.98 Å². The molecule has 1 fully saturated rings. The second kappa shape index (κ2) is 7.20. The number of rotatable bonds is 6. The molecular weight excluding hydrogens is 284 g/mol. The van der Waals surface area contributed by atoms with Crippen molar-refractivity contribution < 1.29 is 9.72 Å². The maximum atomic E-state index is 11.3. The zero-order valence-electron chi connectivity index (χ0n) is 12.7. The number of carbonyl (C=O) groups excluding carboxylic acids is 1. The third kappa shape index (κ3) is 4.16. The van der Waals surface area contributed by atoms with Gasteiger partial charge in [-0.3, -0.25) is 14.9 Å². The van der Waals surface area contributed by atoms with E-state index in [1.807, 2.05) is 0 Å². The summed E-state index contributed by atoms with van der Waals surface area (Å²) in [6.07, 6.45) is 5.94. The Morgan fingerprint density at radius 3 is 2.68 bits per heavy atom. The van der Waals surface area contributed by atoms with Gasteiger partial charge in [-0.15, -0.1) is 0 Å². The van der Waals surface area contributed by atoms with Crippen LogP contribution in [0.4, 0.5) is 11.5 Å². The summed E-state index contributed by atoms with van der Waals surface area (Å²) in [4.78, 5) is 25.9. The fraction of sp³-hybridized carbons (Fsp3) is 0.600. The monoisotopic (exact) mass is 306 g/mol. The number of nitrogens with one attached hydrogen (secondary N) is 1. The molecule has 2 rings (SSSR count). The smallest absolute Gasteiger partial charge is 0.290 e. The minimum absolute atomic E-state index is 0.00494. The maximum Gasteiger partial charge on any atom is 0.290 e. The number of aromatic nitrogens is 1. The molecule has 1 aliphatic carbocycles. The zero-order chi connectivity index (χ0) is 16.1. The molecule has 0 saturated heterocycles. The third-order valence-electron chi connectivity index (χ3n) is 4.23. The standard InChI is InChI=1S/C15H22N4O3/c1-10-13(19(21)22)7-8-15(17-10)18-12(9-14(16)20)11-5-3-2-4-6-11/h7-8,11-12H,2-6,9H2,1H3,(H2,16,20)(H,17,18)/t12-/m0/s1. The lowest BCUT2D eigenvalue weighted by atomic mass is 9.82. The van der Waals surface area contributed by atoms with Crippen molar-refractivity contribution in [3.05, 3.63) is 27.9 Å². The summed E-state index contributed by atoms with van der Waals surface area (Å²) in [6, 6.07) is 2.96. The number of nitro groups is 1. The number of carbonyl (C=O) groups is 1. The first-order valence-corrected chi connectivity index (χ1v) is 7.64. The number of hydrogen-bond acceptors (Lipinski definition) is 5. The molecule has 0 aliphatic heterocycles. The van der Waals surface area contributed by atoms with Crippen LogP contribution in [0.15, 0.2) is 12.1 Å². The van der Waals surface area contributed by atoms with Crippen molar-refractivity contribution >= 4 is 17.4 Å². The molecule has 1 aromatic rings. The number of nitrogens with zero attached hydrogens (tertiary/aromatic N) is 2. The van der Waals surface area contributed by atoms with Crippen molar-refractivity contribution in [2.24, 2.45) is 11.7 Å². The predicted octanol–water partition coefficient (Wildman–Crippen LogP) is 2.53. The molecule has 0 radical (unpaired) electrons. The molecule has 120 valence electrons. The van der Waals surface area contributed by atoms with E-state index in [1.54, 1.807) is 13.0 Å². The van der Waals surface area contributed by atoms with Crippen LogP contribution in [0.1, 0.15) is 44.2 Å². The number of hydrogen-bond donors (Lipinski definition) is 2. The molecule has 0 bridgehead atoms. The van der Waals surface area contributed by atoms with E-state index < -0.39 is 4.92 Å². The normalized spacial score (nSPS) is 17.0. The molecule has 0 unspecified atom stereocenters. The van der Waals surface area contributed by atoms with Gasteiger partial charge >= 0.3 is 0 Å². The molecule has 3 N–H and O–H groups in total. The van der Waals surface area contributed by atoms with Gasteiger partial charge in [0.15, 0.2) is 0 Å². The third-order valence-corrected chi connectivity index (χ3v) is 4.23. The van der Waals surface area contributed by atoms with Gasteiger partial charge < -0.3 is 11.1 Å². The highest BCUT2D eigenvalue weighted by atomic mass is 16.6. The average molecular weight is 306 g/mol. The lowest BCUT2D eigenvalue weighted by molar-refractivity contribution is -0.385. The Morgan fingerprint density at radius 1 is 1.45 bits per heavy atom. The Kier molecular flexibility index (Phi) is 5.30. The highest BCUT2D eigenvalue weighted by molar-refractivity contribution is 5.75. The Morgan fingerprint density at radius 2 is 2.14 bits per heavy atom. The number of aryl methyl sites for hydroxylation is 1. The van der Waals surface area contributed by atoms with Crippen LogP contribution in [0.3, 0.4) is 0 Å². The Hall–Kier alpha value is -2.18. The van der Waals surface area contributed by atoms with E-state index in [2.05, 4.69) is 10.3 Å². The van der Waals surface area contributed by atoms with E-state index in [0.29, 0.717) is 17.4 Å². The summed E-state index contributed by atoms with van der Waals surface area (Å²) in [5.41, 5.74) is 5.71. The highest BCUT2D eigenvalue weighted by Crippen LogP contribution is 2.29. The van der Waals surface area contributed by atoms with Gasteiger partial charge in [0.25, 0.3) is 5.69 Å². The lowest BCUT2D eigenvalue weighted by Crippen LogP contribution is -2.35. The SMILES string of the molecule is Cc1nc(N[C@@H](CC(N)=O)C2CCCCC2)ccc1[N+](=O)[O-]. The van der Waals surface area contributed by atoms with Gasteiger partial charge in [0.05, 0.1) is 4.92 Å². The first kappa shape index (κ1) is 16.2. The first-order valence-electron chi connectivity index (χ1n) is 7.64. The van der Waals surface area contributed by atoms with E-state index >= 15 is 0 Å². The van der Waals surface area contributed by atoms with Gasteiger partial charge in [-0.2, -0.15) is 0 Å². The van der Waals surface area contributed by atoms with Crippen LogP contribution >= 0.6 is 0 Å². The van der Waals surface area contributed by atoms with E-state index in [1.165, 1.54) is 12.5 Å². The molecular formula is C15H22N4O3. The molecule has 1 aliphatic rings. The van der Waals surface area contributed by atoms with Crippen molar-refractivity contribution in [1.29, 1.82) is 0 Å². The number of amides is 1. The largest absolute Gasteiger partial charge is 0.370 e. The first-order chi connectivity index (χ1) is 10.5. The van der Waals surface area contributed by atoms with E-state index in [9.17, 15) is 14.9 Å². The topological polar surface area (TPSA) is 111 Å². The fourth-order valence-electron chi connectivity index (χ4n) is 3.11.